The zero-order valence-corrected chi connectivity index (χ0v) is 11.4. The molecule has 3 rings (SSSR count). The molecule has 2 N–H and O–H groups in total. The van der Waals surface area contributed by atoms with Crippen molar-refractivity contribution in [3.05, 3.63) is 45.9 Å². The highest BCUT2D eigenvalue weighted by molar-refractivity contribution is 7.10. The van der Waals surface area contributed by atoms with Gasteiger partial charge in [-0.3, -0.25) is 9.78 Å². The standard InChI is InChI=1S/C13H13FN4OS/c14-9-2-1-3-16-10(9)6-17-12(19)11-7-20-13(18-11)8-4-15-5-8/h1-3,7-8,15H,4-6H2,(H,17,19). The van der Waals surface area contributed by atoms with Crippen LogP contribution in [0.4, 0.5) is 4.39 Å². The Hall–Kier alpha value is -1.86. The summed E-state index contributed by atoms with van der Waals surface area (Å²) in [5, 5.41) is 8.50. The predicted octanol–water partition coefficient (Wildman–Crippen LogP) is 1.29. The highest BCUT2D eigenvalue weighted by atomic mass is 32.1. The zero-order valence-electron chi connectivity index (χ0n) is 10.6. The van der Waals surface area contributed by atoms with Crippen LogP contribution in [0.15, 0.2) is 23.7 Å². The van der Waals surface area contributed by atoms with Crippen LogP contribution < -0.4 is 10.6 Å². The molecule has 0 radical (unpaired) electrons. The third-order valence-corrected chi connectivity index (χ3v) is 4.14. The van der Waals surface area contributed by atoms with E-state index in [-0.39, 0.29) is 18.1 Å². The maximum absolute atomic E-state index is 13.4. The molecule has 0 unspecified atom stereocenters. The minimum absolute atomic E-state index is 0.0589. The number of pyridine rings is 1. The Bertz CT molecular complexity index is 626. The molecule has 0 aliphatic carbocycles. The van der Waals surface area contributed by atoms with Crippen molar-refractivity contribution in [2.75, 3.05) is 13.1 Å². The molecule has 1 saturated heterocycles. The van der Waals surface area contributed by atoms with Crippen LogP contribution in [0.1, 0.15) is 27.1 Å². The van der Waals surface area contributed by atoms with Gasteiger partial charge in [-0.1, -0.05) is 0 Å². The number of carbonyl (C=O) groups is 1. The lowest BCUT2D eigenvalue weighted by molar-refractivity contribution is 0.0945. The lowest BCUT2D eigenvalue weighted by Crippen LogP contribution is -2.39. The van der Waals surface area contributed by atoms with Crippen molar-refractivity contribution in [1.82, 2.24) is 20.6 Å². The van der Waals surface area contributed by atoms with Gasteiger partial charge in [-0.15, -0.1) is 11.3 Å². The molecule has 104 valence electrons. The predicted molar refractivity (Wildman–Crippen MR) is 73.1 cm³/mol. The van der Waals surface area contributed by atoms with Crippen molar-refractivity contribution in [3.63, 3.8) is 0 Å². The minimum atomic E-state index is -0.424. The molecule has 0 spiro atoms. The number of rotatable bonds is 4. The van der Waals surface area contributed by atoms with Crippen LogP contribution in [-0.2, 0) is 6.54 Å². The molecule has 20 heavy (non-hydrogen) atoms. The number of nitrogens with zero attached hydrogens (tertiary/aromatic N) is 2. The average Bonchev–Trinajstić information content (AvgIpc) is 2.85. The second-order valence-electron chi connectivity index (χ2n) is 4.54. The first-order chi connectivity index (χ1) is 9.74. The van der Waals surface area contributed by atoms with Crippen molar-refractivity contribution < 1.29 is 9.18 Å². The first-order valence-electron chi connectivity index (χ1n) is 6.28. The van der Waals surface area contributed by atoms with E-state index in [4.69, 9.17) is 0 Å². The Balaban J connectivity index is 1.61. The SMILES string of the molecule is O=C(NCc1ncccc1F)c1csc(C2CNC2)n1. The Kier molecular flexibility index (Phi) is 3.70. The number of halogens is 1. The third kappa shape index (κ3) is 2.68. The normalized spacial score (nSPS) is 14.8. The topological polar surface area (TPSA) is 66.9 Å². The number of hydrogen-bond donors (Lipinski definition) is 2. The summed E-state index contributed by atoms with van der Waals surface area (Å²) < 4.78 is 13.4. The van der Waals surface area contributed by atoms with Crippen molar-refractivity contribution in [1.29, 1.82) is 0 Å². The molecular weight excluding hydrogens is 279 g/mol. The zero-order chi connectivity index (χ0) is 13.9. The summed E-state index contributed by atoms with van der Waals surface area (Å²) in [6, 6.07) is 2.83. The maximum Gasteiger partial charge on any atom is 0.271 e. The number of aromatic nitrogens is 2. The molecule has 2 aromatic heterocycles. The van der Waals surface area contributed by atoms with Crippen LogP contribution in [0.5, 0.6) is 0 Å². The maximum atomic E-state index is 13.4. The monoisotopic (exact) mass is 292 g/mol. The molecule has 0 atom stereocenters. The lowest BCUT2D eigenvalue weighted by atomic mass is 10.1. The number of amides is 1. The summed E-state index contributed by atoms with van der Waals surface area (Å²) in [7, 11) is 0. The molecule has 3 heterocycles. The van der Waals surface area contributed by atoms with Crippen LogP contribution in [0.3, 0.4) is 0 Å². The fraction of sp³-hybridized carbons (Fsp3) is 0.308. The van der Waals surface area contributed by atoms with Gasteiger partial charge in [0, 0.05) is 30.6 Å². The van der Waals surface area contributed by atoms with E-state index in [1.165, 1.54) is 29.7 Å². The van der Waals surface area contributed by atoms with E-state index >= 15 is 0 Å². The third-order valence-electron chi connectivity index (χ3n) is 3.14. The summed E-state index contributed by atoms with van der Waals surface area (Å²) in [6.07, 6.45) is 1.50. The van der Waals surface area contributed by atoms with Crippen molar-refractivity contribution in [2.24, 2.45) is 0 Å². The quantitative estimate of drug-likeness (QED) is 0.891. The summed E-state index contributed by atoms with van der Waals surface area (Å²) in [5.41, 5.74) is 0.604. The number of thiazole rings is 1. The van der Waals surface area contributed by atoms with Gasteiger partial charge in [-0.2, -0.15) is 0 Å². The smallest absolute Gasteiger partial charge is 0.271 e. The van der Waals surface area contributed by atoms with E-state index < -0.39 is 5.82 Å². The first kappa shape index (κ1) is 13.1. The molecule has 7 heteroatoms. The van der Waals surface area contributed by atoms with Gasteiger partial charge >= 0.3 is 0 Å². The number of nitrogens with one attached hydrogen (secondary N) is 2. The fourth-order valence-corrected chi connectivity index (χ4v) is 2.75. The van der Waals surface area contributed by atoms with E-state index in [1.54, 1.807) is 5.38 Å². The highest BCUT2D eigenvalue weighted by Gasteiger charge is 2.23. The van der Waals surface area contributed by atoms with Gasteiger partial charge in [-0.05, 0) is 12.1 Å². The summed E-state index contributed by atoms with van der Waals surface area (Å²) in [6.45, 7) is 1.88. The largest absolute Gasteiger partial charge is 0.345 e. The van der Waals surface area contributed by atoms with Crippen molar-refractivity contribution in [3.8, 4) is 0 Å². The van der Waals surface area contributed by atoms with E-state index in [0.29, 0.717) is 11.6 Å². The molecule has 2 aromatic rings. The van der Waals surface area contributed by atoms with E-state index in [1.807, 2.05) is 0 Å². The van der Waals surface area contributed by atoms with E-state index in [9.17, 15) is 9.18 Å². The van der Waals surface area contributed by atoms with Gasteiger partial charge in [0.25, 0.3) is 5.91 Å². The van der Waals surface area contributed by atoms with Gasteiger partial charge < -0.3 is 10.6 Å². The van der Waals surface area contributed by atoms with Crippen LogP contribution in [-0.4, -0.2) is 29.0 Å². The van der Waals surface area contributed by atoms with Crippen molar-refractivity contribution in [2.45, 2.75) is 12.5 Å². The molecule has 0 saturated carbocycles. The lowest BCUT2D eigenvalue weighted by Gasteiger charge is -2.24. The van der Waals surface area contributed by atoms with Gasteiger partial charge in [0.15, 0.2) is 0 Å². The Morgan fingerprint density at radius 2 is 2.40 bits per heavy atom. The summed E-state index contributed by atoms with van der Waals surface area (Å²) in [4.78, 5) is 20.1. The van der Waals surface area contributed by atoms with Gasteiger partial charge in [-0.25, -0.2) is 9.37 Å². The van der Waals surface area contributed by atoms with Gasteiger partial charge in [0.1, 0.15) is 11.5 Å². The molecule has 0 bridgehead atoms. The molecule has 1 aliphatic rings. The second kappa shape index (κ2) is 5.64. The van der Waals surface area contributed by atoms with Crippen LogP contribution in [0, 0.1) is 5.82 Å². The molecule has 0 aromatic carbocycles. The van der Waals surface area contributed by atoms with E-state index in [2.05, 4.69) is 20.6 Å². The number of carbonyl (C=O) groups excluding carboxylic acids is 1. The van der Waals surface area contributed by atoms with Crippen LogP contribution in [0.25, 0.3) is 0 Å². The van der Waals surface area contributed by atoms with E-state index in [0.717, 1.165) is 18.1 Å². The number of hydrogen-bond acceptors (Lipinski definition) is 5. The summed E-state index contributed by atoms with van der Waals surface area (Å²) in [5.74, 6) is -0.313. The molecule has 5 nitrogen and oxygen atoms in total. The second-order valence-corrected chi connectivity index (χ2v) is 5.43. The first-order valence-corrected chi connectivity index (χ1v) is 7.16. The highest BCUT2D eigenvalue weighted by Crippen LogP contribution is 2.23. The summed E-state index contributed by atoms with van der Waals surface area (Å²) >= 11 is 1.48. The Morgan fingerprint density at radius 3 is 3.10 bits per heavy atom. The van der Waals surface area contributed by atoms with Gasteiger partial charge in [0.2, 0.25) is 0 Å². The van der Waals surface area contributed by atoms with Crippen LogP contribution >= 0.6 is 11.3 Å². The Morgan fingerprint density at radius 1 is 1.55 bits per heavy atom. The molecule has 1 fully saturated rings. The van der Waals surface area contributed by atoms with Crippen LogP contribution in [0.2, 0.25) is 0 Å². The molecule has 1 amide bonds. The molecule has 1 aliphatic heterocycles. The van der Waals surface area contributed by atoms with Crippen molar-refractivity contribution >= 4 is 17.2 Å². The average molecular weight is 292 g/mol. The Labute approximate surface area is 119 Å². The fourth-order valence-electron chi connectivity index (χ4n) is 1.85. The minimum Gasteiger partial charge on any atom is -0.345 e. The molecular formula is C13H13FN4OS. The van der Waals surface area contributed by atoms with Gasteiger partial charge in [0.05, 0.1) is 17.2 Å².